The third kappa shape index (κ3) is 3.29. The van der Waals surface area contributed by atoms with Gasteiger partial charge in [0.1, 0.15) is 11.5 Å². The minimum atomic E-state index is -0.301. The Morgan fingerprint density at radius 2 is 1.72 bits per heavy atom. The minimum Gasteiger partial charge on any atom is -0.390 e. The van der Waals surface area contributed by atoms with Gasteiger partial charge in [0.15, 0.2) is 0 Å². The highest BCUT2D eigenvalue weighted by molar-refractivity contribution is 5.78. The lowest BCUT2D eigenvalue weighted by Gasteiger charge is -2.15. The molecule has 0 amide bonds. The lowest BCUT2D eigenvalue weighted by atomic mass is 10.0. The van der Waals surface area contributed by atoms with Crippen LogP contribution in [0.4, 0.5) is 5.82 Å². The molecule has 0 aliphatic heterocycles. The molecule has 0 unspecified atom stereocenters. The van der Waals surface area contributed by atoms with Crippen LogP contribution in [0.5, 0.6) is 0 Å². The summed E-state index contributed by atoms with van der Waals surface area (Å²) in [6.45, 7) is 3.58. The number of anilines is 1. The van der Waals surface area contributed by atoms with Gasteiger partial charge in [-0.05, 0) is 19.9 Å². The summed E-state index contributed by atoms with van der Waals surface area (Å²) in [4.78, 5) is 21.0. The number of rotatable bonds is 4. The molecule has 6 heteroatoms. The first-order chi connectivity index (χ1) is 12.0. The van der Waals surface area contributed by atoms with E-state index in [-0.39, 0.29) is 24.0 Å². The van der Waals surface area contributed by atoms with Crippen molar-refractivity contribution in [1.29, 1.82) is 0 Å². The number of aliphatic hydroxyl groups excluding tert-OH is 1. The quantitative estimate of drug-likeness (QED) is 0.764. The van der Waals surface area contributed by atoms with Crippen LogP contribution in [-0.2, 0) is 6.61 Å². The first-order valence-electron chi connectivity index (χ1n) is 8.06. The summed E-state index contributed by atoms with van der Waals surface area (Å²) in [7, 11) is 0. The number of hydrogen-bond donors (Lipinski definition) is 2. The average molecular weight is 336 g/mol. The predicted octanol–water partition coefficient (Wildman–Crippen LogP) is 2.63. The monoisotopic (exact) mass is 336 g/mol. The highest BCUT2D eigenvalue weighted by Crippen LogP contribution is 2.30. The Balaban J connectivity index is 2.28. The van der Waals surface area contributed by atoms with Crippen molar-refractivity contribution < 1.29 is 5.11 Å². The Morgan fingerprint density at radius 1 is 1.04 bits per heavy atom. The highest BCUT2D eigenvalue weighted by Gasteiger charge is 2.16. The van der Waals surface area contributed by atoms with Gasteiger partial charge in [-0.25, -0.2) is 9.97 Å². The molecule has 128 valence electrons. The summed E-state index contributed by atoms with van der Waals surface area (Å²) in [6.07, 6.45) is 1.76. The molecule has 3 rings (SSSR count). The normalized spacial score (nSPS) is 11.0. The van der Waals surface area contributed by atoms with Gasteiger partial charge < -0.3 is 15.4 Å². The van der Waals surface area contributed by atoms with Crippen molar-refractivity contribution in [1.82, 2.24) is 14.5 Å². The van der Waals surface area contributed by atoms with Crippen molar-refractivity contribution in [2.45, 2.75) is 26.5 Å². The maximum absolute atomic E-state index is 12.0. The van der Waals surface area contributed by atoms with E-state index in [2.05, 4.69) is 9.97 Å². The van der Waals surface area contributed by atoms with E-state index in [1.165, 1.54) is 6.07 Å². The van der Waals surface area contributed by atoms with Crippen LogP contribution in [0, 0.1) is 0 Å². The van der Waals surface area contributed by atoms with E-state index in [1.54, 1.807) is 16.8 Å². The molecule has 1 aromatic carbocycles. The SMILES string of the molecule is CC(C)n1cc(-c2nc(CO)c(N)nc2-c2ccccc2)ccc1=O. The Hall–Kier alpha value is -2.99. The smallest absolute Gasteiger partial charge is 0.250 e. The van der Waals surface area contributed by atoms with Gasteiger partial charge in [-0.1, -0.05) is 30.3 Å². The molecular weight excluding hydrogens is 316 g/mol. The summed E-state index contributed by atoms with van der Waals surface area (Å²) in [6, 6.07) is 12.8. The Morgan fingerprint density at radius 3 is 2.36 bits per heavy atom. The number of nitrogen functional groups attached to an aromatic ring is 1. The average Bonchev–Trinajstić information content (AvgIpc) is 2.62. The second-order valence-corrected chi connectivity index (χ2v) is 6.03. The van der Waals surface area contributed by atoms with Crippen molar-refractivity contribution in [3.8, 4) is 22.5 Å². The number of benzene rings is 1. The Bertz CT molecular complexity index is 949. The maximum atomic E-state index is 12.0. The molecule has 3 N–H and O–H groups in total. The second kappa shape index (κ2) is 6.86. The molecule has 2 heterocycles. The molecule has 0 bridgehead atoms. The molecule has 0 spiro atoms. The number of nitrogens with zero attached hydrogens (tertiary/aromatic N) is 3. The van der Waals surface area contributed by atoms with E-state index in [4.69, 9.17) is 5.73 Å². The van der Waals surface area contributed by atoms with E-state index < -0.39 is 0 Å². The zero-order valence-corrected chi connectivity index (χ0v) is 14.2. The van der Waals surface area contributed by atoms with Crippen molar-refractivity contribution in [3.05, 3.63) is 64.7 Å². The number of hydrogen-bond acceptors (Lipinski definition) is 5. The zero-order valence-electron chi connectivity index (χ0n) is 14.2. The van der Waals surface area contributed by atoms with E-state index >= 15 is 0 Å². The van der Waals surface area contributed by atoms with E-state index in [9.17, 15) is 9.90 Å². The van der Waals surface area contributed by atoms with Crippen LogP contribution in [0.25, 0.3) is 22.5 Å². The van der Waals surface area contributed by atoms with Crippen LogP contribution in [0.2, 0.25) is 0 Å². The molecule has 3 aromatic rings. The second-order valence-electron chi connectivity index (χ2n) is 6.03. The van der Waals surface area contributed by atoms with Gasteiger partial charge in [0, 0.05) is 29.4 Å². The predicted molar refractivity (Wildman–Crippen MR) is 97.9 cm³/mol. The Labute approximate surface area is 145 Å². The molecule has 0 saturated heterocycles. The fourth-order valence-electron chi connectivity index (χ4n) is 2.65. The first-order valence-corrected chi connectivity index (χ1v) is 8.06. The summed E-state index contributed by atoms with van der Waals surface area (Å²) in [5.41, 5.74) is 8.97. The topological polar surface area (TPSA) is 94.0 Å². The molecule has 0 atom stereocenters. The minimum absolute atomic E-state index is 0.0201. The van der Waals surface area contributed by atoms with E-state index in [1.807, 2.05) is 44.2 Å². The fraction of sp³-hybridized carbons (Fsp3) is 0.211. The standard InChI is InChI=1S/C19H20N4O2/c1-12(2)23-10-14(8-9-16(23)25)18-17(13-6-4-3-5-7-13)22-19(20)15(11-24)21-18/h3-10,12,24H,11H2,1-2H3,(H2,20,22). The number of aromatic nitrogens is 3. The van der Waals surface area contributed by atoms with Gasteiger partial charge >= 0.3 is 0 Å². The third-order valence-electron chi connectivity index (χ3n) is 3.96. The molecule has 6 nitrogen and oxygen atoms in total. The lowest BCUT2D eigenvalue weighted by molar-refractivity contribution is 0.277. The van der Waals surface area contributed by atoms with Gasteiger partial charge in [0.05, 0.1) is 18.0 Å². The number of nitrogens with two attached hydrogens (primary N) is 1. The Kier molecular flexibility index (Phi) is 4.63. The lowest BCUT2D eigenvalue weighted by Crippen LogP contribution is -2.20. The van der Waals surface area contributed by atoms with Crippen molar-refractivity contribution in [2.75, 3.05) is 5.73 Å². The molecule has 0 aliphatic carbocycles. The molecule has 0 radical (unpaired) electrons. The maximum Gasteiger partial charge on any atom is 0.250 e. The largest absolute Gasteiger partial charge is 0.390 e. The van der Waals surface area contributed by atoms with Crippen LogP contribution >= 0.6 is 0 Å². The van der Waals surface area contributed by atoms with Crippen LogP contribution in [0.1, 0.15) is 25.6 Å². The summed E-state index contributed by atoms with van der Waals surface area (Å²) in [5.74, 6) is 0.197. The van der Waals surface area contributed by atoms with E-state index in [0.29, 0.717) is 17.1 Å². The van der Waals surface area contributed by atoms with Gasteiger partial charge in [-0.15, -0.1) is 0 Å². The number of aliphatic hydroxyl groups is 1. The van der Waals surface area contributed by atoms with Gasteiger partial charge in [0.2, 0.25) is 0 Å². The van der Waals surface area contributed by atoms with Crippen molar-refractivity contribution >= 4 is 5.82 Å². The van der Waals surface area contributed by atoms with Crippen molar-refractivity contribution in [3.63, 3.8) is 0 Å². The summed E-state index contributed by atoms with van der Waals surface area (Å²) < 4.78 is 1.64. The van der Waals surface area contributed by atoms with E-state index in [0.717, 1.165) is 11.1 Å². The van der Waals surface area contributed by atoms with Gasteiger partial charge in [-0.2, -0.15) is 0 Å². The fourth-order valence-corrected chi connectivity index (χ4v) is 2.65. The molecule has 25 heavy (non-hydrogen) atoms. The van der Waals surface area contributed by atoms with Crippen LogP contribution in [0.15, 0.2) is 53.5 Å². The molecule has 0 fully saturated rings. The summed E-state index contributed by atoms with van der Waals surface area (Å²) in [5, 5.41) is 9.50. The van der Waals surface area contributed by atoms with Crippen LogP contribution in [-0.4, -0.2) is 19.6 Å². The van der Waals surface area contributed by atoms with Gasteiger partial charge in [0.25, 0.3) is 5.56 Å². The number of pyridine rings is 1. The van der Waals surface area contributed by atoms with Crippen LogP contribution < -0.4 is 11.3 Å². The third-order valence-corrected chi connectivity index (χ3v) is 3.96. The highest BCUT2D eigenvalue weighted by atomic mass is 16.3. The molecule has 0 aliphatic rings. The van der Waals surface area contributed by atoms with Crippen LogP contribution in [0.3, 0.4) is 0 Å². The van der Waals surface area contributed by atoms with Gasteiger partial charge in [-0.3, -0.25) is 4.79 Å². The molecular formula is C19H20N4O2. The summed E-state index contributed by atoms with van der Waals surface area (Å²) >= 11 is 0. The molecule has 2 aromatic heterocycles. The van der Waals surface area contributed by atoms with Crippen molar-refractivity contribution in [2.24, 2.45) is 0 Å². The first kappa shape index (κ1) is 16.9. The zero-order chi connectivity index (χ0) is 18.0. The molecule has 0 saturated carbocycles.